The van der Waals surface area contributed by atoms with Gasteiger partial charge in [-0.3, -0.25) is 43.2 Å². The Hall–Kier alpha value is -5.30. The van der Waals surface area contributed by atoms with Gasteiger partial charge in [0.25, 0.3) is 0 Å². The summed E-state index contributed by atoms with van der Waals surface area (Å²) in [4.78, 5) is 136. The molecule has 0 aliphatic carbocycles. The smallest absolute Gasteiger partial charge is 0.328 e. The number of carbonyl (C=O) groups is 10. The van der Waals surface area contributed by atoms with Gasteiger partial charge in [-0.05, 0) is 80.5 Å². The Morgan fingerprint density at radius 1 is 0.465 bits per heavy atom. The number of carbonyl (C=O) groups excluding carboxylic acids is 8. The summed E-state index contributed by atoms with van der Waals surface area (Å²) in [6.07, 6.45) is 2.60. The lowest BCUT2D eigenvalue weighted by Gasteiger charge is -2.29. The second-order valence-corrected chi connectivity index (χ2v) is 21.7. The predicted octanol–water partition coefficient (Wildman–Crippen LogP) is 4.26. The number of carboxylic acids is 2. The Morgan fingerprint density at radius 3 is 1.32 bits per heavy atom. The minimum absolute atomic E-state index is 0.0387. The highest BCUT2D eigenvalue weighted by atomic mass is 16.5. The van der Waals surface area contributed by atoms with E-state index in [9.17, 15) is 58.2 Å². The Kier molecular flexibility index (Phi) is 29.3. The zero-order valence-corrected chi connectivity index (χ0v) is 44.6. The van der Waals surface area contributed by atoms with E-state index >= 15 is 0 Å². The maximum atomic E-state index is 14.2. The molecule has 7 amide bonds. The second kappa shape index (κ2) is 32.6. The van der Waals surface area contributed by atoms with Crippen LogP contribution in [0, 0.1) is 35.5 Å². The highest BCUT2D eigenvalue weighted by molar-refractivity contribution is 5.98. The van der Waals surface area contributed by atoms with Gasteiger partial charge in [0.05, 0.1) is 12.8 Å². The summed E-state index contributed by atoms with van der Waals surface area (Å²) in [6.45, 7) is 21.9. The van der Waals surface area contributed by atoms with E-state index in [1.54, 1.807) is 55.4 Å². The SMILES string of the molecule is CC(C)CCCCCCC[C@H]1CC(=O)N[C@H](CCC(=O)O)C(=O)N[C@H](CC(C)C)C(=O)N[C@@H](CC(C)C)C(=O)N[C@H](C(C)C)C(=O)N[C@H](CC(=O)O)C(=O)N[C@@H](CC(C)C)C(=O)N[C@H](CC(C)C)C(=O)O1. The van der Waals surface area contributed by atoms with Crippen molar-refractivity contribution in [3.8, 4) is 0 Å². The first kappa shape index (κ1) is 63.7. The van der Waals surface area contributed by atoms with E-state index in [2.05, 4.69) is 51.1 Å². The standard InChI is InChI=1S/C51H89N7O13/c1-28(2)18-16-14-13-15-17-19-34-26-41(59)52-35(20-21-42(60)61)45(64)53-36(22-29(3)4)46(65)55-38(24-31(7)8)49(68)58-44(33(11)12)50(69)56-39(27-43(62)63)48(67)54-37(23-30(5)6)47(66)57-40(25-32(9)10)51(70)71-34/h28-40,44H,13-27H2,1-12H3,(H,52,59)(H,53,64)(H,54,67)(H,55,65)(H,56,69)(H,57,66)(H,58,68)(H,60,61)(H,62,63)/t34-,35+,36+,37-,38-,39+,40+,44+/m0/s1. The van der Waals surface area contributed by atoms with Crippen LogP contribution in [-0.4, -0.2) is 118 Å². The van der Waals surface area contributed by atoms with Crippen molar-refractivity contribution in [2.24, 2.45) is 35.5 Å². The summed E-state index contributed by atoms with van der Waals surface area (Å²) >= 11 is 0. The number of unbranched alkanes of at least 4 members (excludes halogenated alkanes) is 4. The minimum atomic E-state index is -1.72. The van der Waals surface area contributed by atoms with Crippen LogP contribution in [0.3, 0.4) is 0 Å². The van der Waals surface area contributed by atoms with Gasteiger partial charge < -0.3 is 52.2 Å². The molecule has 71 heavy (non-hydrogen) atoms. The van der Waals surface area contributed by atoms with Crippen LogP contribution in [0.15, 0.2) is 0 Å². The molecule has 406 valence electrons. The average Bonchev–Trinajstić information content (AvgIpc) is 3.23. The molecule has 0 aromatic rings. The van der Waals surface area contributed by atoms with Gasteiger partial charge in [-0.2, -0.15) is 0 Å². The molecule has 8 atom stereocenters. The summed E-state index contributed by atoms with van der Waals surface area (Å²) in [6, 6.07) is -9.64. The van der Waals surface area contributed by atoms with Gasteiger partial charge in [0.15, 0.2) is 0 Å². The fraction of sp³-hybridized carbons (Fsp3) is 0.804. The van der Waals surface area contributed by atoms with Crippen molar-refractivity contribution < 1.29 is 62.9 Å². The molecule has 1 saturated heterocycles. The first-order valence-electron chi connectivity index (χ1n) is 25.8. The average molecular weight is 1010 g/mol. The minimum Gasteiger partial charge on any atom is -0.481 e. The van der Waals surface area contributed by atoms with Gasteiger partial charge in [-0.25, -0.2) is 4.79 Å². The summed E-state index contributed by atoms with van der Waals surface area (Å²) in [7, 11) is 0. The zero-order valence-electron chi connectivity index (χ0n) is 44.6. The van der Waals surface area contributed by atoms with Gasteiger partial charge >= 0.3 is 17.9 Å². The van der Waals surface area contributed by atoms with Crippen molar-refractivity contribution in [3.05, 3.63) is 0 Å². The van der Waals surface area contributed by atoms with Crippen LogP contribution in [0.4, 0.5) is 0 Å². The molecule has 1 heterocycles. The number of ether oxygens (including phenoxy) is 1. The van der Waals surface area contributed by atoms with Crippen LogP contribution >= 0.6 is 0 Å². The molecule has 0 bridgehead atoms. The monoisotopic (exact) mass is 1010 g/mol. The van der Waals surface area contributed by atoms with Crippen molar-refractivity contribution >= 4 is 59.3 Å². The molecule has 0 radical (unpaired) electrons. The number of cyclic esters (lactones) is 1. The lowest BCUT2D eigenvalue weighted by Crippen LogP contribution is -2.61. The summed E-state index contributed by atoms with van der Waals surface area (Å²) in [5, 5.41) is 37.8. The molecule has 1 aliphatic rings. The van der Waals surface area contributed by atoms with Gasteiger partial charge in [0.1, 0.15) is 48.4 Å². The number of amides is 7. The highest BCUT2D eigenvalue weighted by Crippen LogP contribution is 2.19. The number of aliphatic carboxylic acids is 2. The summed E-state index contributed by atoms with van der Waals surface area (Å²) < 4.78 is 6.02. The Balaban J connectivity index is 4.00. The fourth-order valence-corrected chi connectivity index (χ4v) is 8.22. The molecule has 9 N–H and O–H groups in total. The topological polar surface area (TPSA) is 305 Å². The van der Waals surface area contributed by atoms with Crippen LogP contribution in [0.1, 0.15) is 179 Å². The van der Waals surface area contributed by atoms with Gasteiger partial charge in [0, 0.05) is 6.42 Å². The van der Waals surface area contributed by atoms with E-state index in [4.69, 9.17) is 4.74 Å². The van der Waals surface area contributed by atoms with Crippen LogP contribution in [0.5, 0.6) is 0 Å². The van der Waals surface area contributed by atoms with Crippen molar-refractivity contribution in [1.82, 2.24) is 37.2 Å². The Bertz CT molecular complexity index is 1770. The van der Waals surface area contributed by atoms with Crippen LogP contribution in [0.25, 0.3) is 0 Å². The van der Waals surface area contributed by atoms with Gasteiger partial charge in [0.2, 0.25) is 41.4 Å². The fourth-order valence-electron chi connectivity index (χ4n) is 8.22. The summed E-state index contributed by atoms with van der Waals surface area (Å²) in [5.41, 5.74) is 0. The lowest BCUT2D eigenvalue weighted by molar-refractivity contribution is -0.155. The van der Waals surface area contributed by atoms with Crippen molar-refractivity contribution in [2.45, 2.75) is 228 Å². The molecular weight excluding hydrogens is 919 g/mol. The molecule has 0 aromatic heterocycles. The number of hydrogen-bond donors (Lipinski definition) is 9. The first-order valence-corrected chi connectivity index (χ1v) is 25.8. The number of nitrogens with one attached hydrogen (secondary N) is 7. The Morgan fingerprint density at radius 2 is 0.873 bits per heavy atom. The van der Waals surface area contributed by atoms with Gasteiger partial charge in [-0.1, -0.05) is 115 Å². The summed E-state index contributed by atoms with van der Waals surface area (Å²) in [5.74, 6) is -10.2. The number of rotatable bonds is 22. The molecule has 0 unspecified atom stereocenters. The van der Waals surface area contributed by atoms with Crippen LogP contribution in [-0.2, 0) is 52.7 Å². The van der Waals surface area contributed by atoms with Gasteiger partial charge in [-0.15, -0.1) is 0 Å². The van der Waals surface area contributed by atoms with Crippen LogP contribution in [0.2, 0.25) is 0 Å². The van der Waals surface area contributed by atoms with E-state index < -0.39 is 133 Å². The molecule has 1 fully saturated rings. The van der Waals surface area contributed by atoms with E-state index in [-0.39, 0.29) is 62.2 Å². The van der Waals surface area contributed by atoms with Crippen LogP contribution < -0.4 is 37.2 Å². The largest absolute Gasteiger partial charge is 0.481 e. The third-order valence-electron chi connectivity index (χ3n) is 11.9. The quantitative estimate of drug-likeness (QED) is 0.0542. The Labute approximate surface area is 421 Å². The molecular formula is C51H89N7O13. The predicted molar refractivity (Wildman–Crippen MR) is 267 cm³/mol. The lowest BCUT2D eigenvalue weighted by atomic mass is 9.98. The highest BCUT2D eigenvalue weighted by Gasteiger charge is 2.37. The van der Waals surface area contributed by atoms with Crippen molar-refractivity contribution in [3.63, 3.8) is 0 Å². The third-order valence-corrected chi connectivity index (χ3v) is 11.9. The van der Waals surface area contributed by atoms with Crippen molar-refractivity contribution in [2.75, 3.05) is 0 Å². The van der Waals surface area contributed by atoms with E-state index in [1.165, 1.54) is 0 Å². The molecule has 20 nitrogen and oxygen atoms in total. The normalized spacial score (nSPS) is 24.4. The molecule has 1 rings (SSSR count). The molecule has 1 aliphatic heterocycles. The number of carboxylic acid groups (broad SMARTS) is 2. The third kappa shape index (κ3) is 26.6. The molecule has 0 aromatic carbocycles. The first-order chi connectivity index (χ1) is 33.1. The molecule has 20 heteroatoms. The number of esters is 1. The van der Waals surface area contributed by atoms with Crippen molar-refractivity contribution in [1.29, 1.82) is 0 Å². The van der Waals surface area contributed by atoms with E-state index in [1.807, 2.05) is 13.8 Å². The van der Waals surface area contributed by atoms with E-state index in [0.29, 0.717) is 12.3 Å². The van der Waals surface area contributed by atoms with E-state index in [0.717, 1.165) is 32.1 Å². The zero-order chi connectivity index (χ0) is 54.1. The second-order valence-electron chi connectivity index (χ2n) is 21.7. The molecule has 0 saturated carbocycles. The molecule has 0 spiro atoms. The maximum Gasteiger partial charge on any atom is 0.328 e. The number of hydrogen-bond acceptors (Lipinski definition) is 11. The maximum absolute atomic E-state index is 14.2.